The second kappa shape index (κ2) is 9.02. The van der Waals surface area contributed by atoms with Crippen molar-refractivity contribution >= 4 is 23.5 Å². The second-order valence-electron chi connectivity index (χ2n) is 6.63. The zero-order valence-electron chi connectivity index (χ0n) is 15.9. The molecule has 0 unspecified atom stereocenters. The Labute approximate surface area is 158 Å². The third-order valence-electron chi connectivity index (χ3n) is 4.09. The molecular weight excluding hydrogens is 348 g/mol. The fourth-order valence-electron chi connectivity index (χ4n) is 2.36. The van der Waals surface area contributed by atoms with Gasteiger partial charge in [-0.1, -0.05) is 19.9 Å². The molecule has 1 heterocycles. The molecule has 1 aromatic heterocycles. The van der Waals surface area contributed by atoms with Crippen molar-refractivity contribution < 1.29 is 23.5 Å². The van der Waals surface area contributed by atoms with Crippen LogP contribution >= 0.6 is 0 Å². The van der Waals surface area contributed by atoms with Crippen LogP contribution in [0.4, 0.5) is 5.69 Å². The maximum atomic E-state index is 12.3. The summed E-state index contributed by atoms with van der Waals surface area (Å²) in [5.74, 6) is -1.78. The smallest absolute Gasteiger partial charge is 0.329 e. The van der Waals surface area contributed by atoms with E-state index in [2.05, 4.69) is 10.6 Å². The fraction of sp³-hybridized carbons (Fsp3) is 0.350. The molecule has 144 valence electrons. The van der Waals surface area contributed by atoms with Crippen molar-refractivity contribution in [2.45, 2.75) is 33.7 Å². The Kier molecular flexibility index (Phi) is 6.76. The van der Waals surface area contributed by atoms with Crippen LogP contribution in [0.3, 0.4) is 0 Å². The molecule has 0 aliphatic carbocycles. The van der Waals surface area contributed by atoms with Gasteiger partial charge in [-0.2, -0.15) is 0 Å². The molecule has 0 saturated carbocycles. The number of carbonyl (C=O) groups excluding carboxylic acids is 3. The molecule has 7 nitrogen and oxygen atoms in total. The van der Waals surface area contributed by atoms with E-state index in [1.165, 1.54) is 12.3 Å². The summed E-state index contributed by atoms with van der Waals surface area (Å²) in [6.07, 6.45) is 1.37. The maximum Gasteiger partial charge on any atom is 0.329 e. The lowest BCUT2D eigenvalue weighted by Gasteiger charge is -2.20. The number of nitrogens with one attached hydrogen (secondary N) is 2. The van der Waals surface area contributed by atoms with E-state index in [9.17, 15) is 14.4 Å². The summed E-state index contributed by atoms with van der Waals surface area (Å²) in [4.78, 5) is 36.4. The van der Waals surface area contributed by atoms with Gasteiger partial charge in [-0.15, -0.1) is 0 Å². The van der Waals surface area contributed by atoms with Crippen molar-refractivity contribution in [3.8, 4) is 0 Å². The van der Waals surface area contributed by atoms with E-state index in [1.807, 2.05) is 26.0 Å². The van der Waals surface area contributed by atoms with Gasteiger partial charge in [-0.05, 0) is 55.2 Å². The second-order valence-corrected chi connectivity index (χ2v) is 6.63. The molecule has 2 amide bonds. The van der Waals surface area contributed by atoms with Gasteiger partial charge in [0.25, 0.3) is 11.8 Å². The lowest BCUT2D eigenvalue weighted by Crippen LogP contribution is -2.45. The number of amides is 2. The van der Waals surface area contributed by atoms with Gasteiger partial charge < -0.3 is 19.8 Å². The Morgan fingerprint density at radius 3 is 2.44 bits per heavy atom. The van der Waals surface area contributed by atoms with E-state index in [-0.39, 0.29) is 11.7 Å². The number of hydrogen-bond acceptors (Lipinski definition) is 5. The quantitative estimate of drug-likeness (QED) is 0.729. The molecule has 1 aromatic carbocycles. The number of carbonyl (C=O) groups is 3. The number of furan rings is 1. The molecule has 2 rings (SSSR count). The van der Waals surface area contributed by atoms with Crippen LogP contribution in [-0.4, -0.2) is 30.4 Å². The molecule has 1 atom stereocenters. The van der Waals surface area contributed by atoms with Crippen molar-refractivity contribution in [1.82, 2.24) is 5.32 Å². The molecule has 0 aliphatic rings. The number of esters is 1. The standard InChI is InChI=1S/C20H24N2O5/c1-12(2)18(22-19(24)16-6-5-9-26-16)20(25)27-11-17(23)21-15-8-7-13(3)14(4)10-15/h5-10,12,18H,11H2,1-4H3,(H,21,23)(H,22,24)/t18-/m0/s1. The Morgan fingerprint density at radius 2 is 1.85 bits per heavy atom. The van der Waals surface area contributed by atoms with E-state index < -0.39 is 30.4 Å². The van der Waals surface area contributed by atoms with Crippen LogP contribution in [0, 0.1) is 19.8 Å². The number of hydrogen-bond donors (Lipinski definition) is 2. The van der Waals surface area contributed by atoms with Crippen LogP contribution < -0.4 is 10.6 Å². The van der Waals surface area contributed by atoms with Crippen molar-refractivity contribution in [3.63, 3.8) is 0 Å². The first-order chi connectivity index (χ1) is 12.8. The van der Waals surface area contributed by atoms with Crippen LogP contribution in [-0.2, 0) is 14.3 Å². The van der Waals surface area contributed by atoms with E-state index in [1.54, 1.807) is 26.0 Å². The minimum atomic E-state index is -0.892. The van der Waals surface area contributed by atoms with Crippen molar-refractivity contribution in [3.05, 3.63) is 53.5 Å². The Bertz CT molecular complexity index is 812. The van der Waals surface area contributed by atoms with Gasteiger partial charge >= 0.3 is 5.97 Å². The van der Waals surface area contributed by atoms with E-state index in [0.717, 1.165) is 11.1 Å². The number of rotatable bonds is 7. The Balaban J connectivity index is 1.89. The highest BCUT2D eigenvalue weighted by Gasteiger charge is 2.27. The fourth-order valence-corrected chi connectivity index (χ4v) is 2.36. The molecule has 0 radical (unpaired) electrons. The first kappa shape index (κ1) is 20.2. The third-order valence-corrected chi connectivity index (χ3v) is 4.09. The highest BCUT2D eigenvalue weighted by atomic mass is 16.5. The van der Waals surface area contributed by atoms with Crippen molar-refractivity contribution in [2.24, 2.45) is 5.92 Å². The summed E-state index contributed by atoms with van der Waals surface area (Å²) in [6.45, 7) is 7.02. The molecule has 7 heteroatoms. The van der Waals surface area contributed by atoms with Gasteiger partial charge in [-0.3, -0.25) is 9.59 Å². The monoisotopic (exact) mass is 372 g/mol. The average Bonchev–Trinajstić information content (AvgIpc) is 3.15. The topological polar surface area (TPSA) is 97.6 Å². The SMILES string of the molecule is Cc1ccc(NC(=O)COC(=O)[C@@H](NC(=O)c2ccco2)C(C)C)cc1C. The summed E-state index contributed by atoms with van der Waals surface area (Å²) < 4.78 is 10.1. The predicted octanol–water partition coefficient (Wildman–Crippen LogP) is 2.83. The van der Waals surface area contributed by atoms with Crippen LogP contribution in [0.2, 0.25) is 0 Å². The minimum Gasteiger partial charge on any atom is -0.459 e. The summed E-state index contributed by atoms with van der Waals surface area (Å²) >= 11 is 0. The van der Waals surface area contributed by atoms with Crippen molar-refractivity contribution in [1.29, 1.82) is 0 Å². The highest BCUT2D eigenvalue weighted by molar-refractivity contribution is 5.96. The maximum absolute atomic E-state index is 12.3. The highest BCUT2D eigenvalue weighted by Crippen LogP contribution is 2.14. The van der Waals surface area contributed by atoms with Crippen LogP contribution in [0.5, 0.6) is 0 Å². The predicted molar refractivity (Wildman–Crippen MR) is 100 cm³/mol. The molecule has 2 N–H and O–H groups in total. The zero-order valence-corrected chi connectivity index (χ0v) is 15.9. The molecule has 0 spiro atoms. The molecule has 0 bridgehead atoms. The van der Waals surface area contributed by atoms with Gasteiger partial charge in [0.1, 0.15) is 6.04 Å². The van der Waals surface area contributed by atoms with Gasteiger partial charge in [0.05, 0.1) is 6.26 Å². The Hall–Kier alpha value is -3.09. The lowest BCUT2D eigenvalue weighted by atomic mass is 10.0. The summed E-state index contributed by atoms with van der Waals surface area (Å²) in [5, 5.41) is 5.24. The summed E-state index contributed by atoms with van der Waals surface area (Å²) in [7, 11) is 0. The van der Waals surface area contributed by atoms with Gasteiger partial charge in [0.15, 0.2) is 12.4 Å². The van der Waals surface area contributed by atoms with Crippen LogP contribution in [0.15, 0.2) is 41.0 Å². The van der Waals surface area contributed by atoms with Gasteiger partial charge in [0, 0.05) is 5.69 Å². The zero-order chi connectivity index (χ0) is 20.0. The normalized spacial score (nSPS) is 11.7. The third kappa shape index (κ3) is 5.70. The Morgan fingerprint density at radius 1 is 1.11 bits per heavy atom. The van der Waals surface area contributed by atoms with Crippen LogP contribution in [0.1, 0.15) is 35.5 Å². The van der Waals surface area contributed by atoms with E-state index in [0.29, 0.717) is 5.69 Å². The number of ether oxygens (including phenoxy) is 1. The number of aryl methyl sites for hydroxylation is 2. The molecule has 0 fully saturated rings. The summed E-state index contributed by atoms with van der Waals surface area (Å²) in [6, 6.07) is 7.70. The minimum absolute atomic E-state index is 0.0981. The lowest BCUT2D eigenvalue weighted by molar-refractivity contribution is -0.150. The van der Waals surface area contributed by atoms with Gasteiger partial charge in [-0.25, -0.2) is 4.79 Å². The van der Waals surface area contributed by atoms with E-state index in [4.69, 9.17) is 9.15 Å². The molecule has 0 saturated heterocycles. The number of anilines is 1. The molecule has 27 heavy (non-hydrogen) atoms. The first-order valence-corrected chi connectivity index (χ1v) is 8.66. The first-order valence-electron chi connectivity index (χ1n) is 8.66. The van der Waals surface area contributed by atoms with Crippen LogP contribution in [0.25, 0.3) is 0 Å². The van der Waals surface area contributed by atoms with Crippen molar-refractivity contribution in [2.75, 3.05) is 11.9 Å². The average molecular weight is 372 g/mol. The largest absolute Gasteiger partial charge is 0.459 e. The molecular formula is C20H24N2O5. The van der Waals surface area contributed by atoms with E-state index >= 15 is 0 Å². The number of benzene rings is 1. The summed E-state index contributed by atoms with van der Waals surface area (Å²) in [5.41, 5.74) is 2.79. The molecule has 0 aliphatic heterocycles. The molecule has 2 aromatic rings. The van der Waals surface area contributed by atoms with Gasteiger partial charge in [0.2, 0.25) is 0 Å².